The van der Waals surface area contributed by atoms with Gasteiger partial charge in [-0.05, 0) is 36.2 Å². The molecule has 7 nitrogen and oxygen atoms in total. The molecule has 2 aromatic carbocycles. The Bertz CT molecular complexity index is 1090. The van der Waals surface area contributed by atoms with Crippen molar-refractivity contribution in [3.63, 3.8) is 0 Å². The molecule has 0 atom stereocenters. The summed E-state index contributed by atoms with van der Waals surface area (Å²) in [5.41, 5.74) is 2.18. The van der Waals surface area contributed by atoms with Crippen LogP contribution in [0.4, 0.5) is 5.69 Å². The summed E-state index contributed by atoms with van der Waals surface area (Å²) < 4.78 is 1.31. The number of para-hydroxylation sites is 1. The second-order valence-corrected chi connectivity index (χ2v) is 6.79. The fourth-order valence-corrected chi connectivity index (χ4v) is 3.34. The quantitative estimate of drug-likeness (QED) is 0.736. The number of amides is 2. The lowest BCUT2D eigenvalue weighted by Crippen LogP contribution is -2.32. The van der Waals surface area contributed by atoms with E-state index in [0.29, 0.717) is 23.9 Å². The minimum atomic E-state index is -0.266. The molecule has 2 amide bonds. The maximum absolute atomic E-state index is 12.4. The standard InChI is InChI=1S/C21H20N4O3/c26-19(13-24-14-23-18-5-2-1-4-17(18)21(24)28)22-12-15-7-9-16(10-8-15)25-11-3-6-20(25)27/h1-2,4-5,7-10,14H,3,6,11-13H2,(H,22,26). The van der Waals surface area contributed by atoms with Crippen LogP contribution >= 0.6 is 0 Å². The Hall–Kier alpha value is -3.48. The van der Waals surface area contributed by atoms with E-state index in [1.54, 1.807) is 23.1 Å². The van der Waals surface area contributed by atoms with Crippen molar-refractivity contribution in [2.75, 3.05) is 11.4 Å². The number of hydrogen-bond donors (Lipinski definition) is 1. The smallest absolute Gasteiger partial charge is 0.261 e. The molecule has 4 rings (SSSR count). The van der Waals surface area contributed by atoms with Gasteiger partial charge in [-0.1, -0.05) is 24.3 Å². The van der Waals surface area contributed by atoms with Gasteiger partial charge in [-0.25, -0.2) is 4.98 Å². The van der Waals surface area contributed by atoms with Gasteiger partial charge in [-0.15, -0.1) is 0 Å². The van der Waals surface area contributed by atoms with E-state index in [9.17, 15) is 14.4 Å². The van der Waals surface area contributed by atoms with Gasteiger partial charge in [0.2, 0.25) is 11.8 Å². The maximum atomic E-state index is 12.4. The number of carbonyl (C=O) groups is 2. The molecule has 1 N–H and O–H groups in total. The van der Waals surface area contributed by atoms with Crippen molar-refractivity contribution in [1.29, 1.82) is 0 Å². The van der Waals surface area contributed by atoms with E-state index in [4.69, 9.17) is 0 Å². The van der Waals surface area contributed by atoms with Gasteiger partial charge in [-0.3, -0.25) is 19.0 Å². The predicted octanol–water partition coefficient (Wildman–Crippen LogP) is 1.84. The number of carbonyl (C=O) groups excluding carboxylic acids is 2. The molecular formula is C21H20N4O3. The number of aromatic nitrogens is 2. The van der Waals surface area contributed by atoms with Crippen LogP contribution in [-0.2, 0) is 22.7 Å². The maximum Gasteiger partial charge on any atom is 0.261 e. The van der Waals surface area contributed by atoms with Gasteiger partial charge in [0, 0.05) is 25.2 Å². The van der Waals surface area contributed by atoms with Crippen LogP contribution in [0.15, 0.2) is 59.7 Å². The van der Waals surface area contributed by atoms with Gasteiger partial charge in [0.15, 0.2) is 0 Å². The van der Waals surface area contributed by atoms with Gasteiger partial charge in [0.25, 0.3) is 5.56 Å². The highest BCUT2D eigenvalue weighted by atomic mass is 16.2. The van der Waals surface area contributed by atoms with Gasteiger partial charge in [-0.2, -0.15) is 0 Å². The fourth-order valence-electron chi connectivity index (χ4n) is 3.34. The van der Waals surface area contributed by atoms with E-state index in [2.05, 4.69) is 10.3 Å². The van der Waals surface area contributed by atoms with Gasteiger partial charge in [0.05, 0.1) is 17.2 Å². The molecular weight excluding hydrogens is 356 g/mol. The monoisotopic (exact) mass is 376 g/mol. The summed E-state index contributed by atoms with van der Waals surface area (Å²) in [5, 5.41) is 3.30. The highest BCUT2D eigenvalue weighted by Gasteiger charge is 2.21. The Kier molecular flexibility index (Phi) is 4.89. The zero-order valence-corrected chi connectivity index (χ0v) is 15.3. The Balaban J connectivity index is 1.38. The van der Waals surface area contributed by atoms with E-state index < -0.39 is 0 Å². The molecule has 1 saturated heterocycles. The number of rotatable bonds is 5. The van der Waals surface area contributed by atoms with Crippen LogP contribution < -0.4 is 15.8 Å². The van der Waals surface area contributed by atoms with Crippen molar-refractivity contribution in [2.45, 2.75) is 25.9 Å². The third-order valence-corrected chi connectivity index (χ3v) is 4.86. The molecule has 3 aromatic rings. The van der Waals surface area contributed by atoms with E-state index >= 15 is 0 Å². The average molecular weight is 376 g/mol. The van der Waals surface area contributed by atoms with Crippen LogP contribution in [0.2, 0.25) is 0 Å². The Morgan fingerprint density at radius 1 is 1.07 bits per heavy atom. The van der Waals surface area contributed by atoms with Crippen molar-refractivity contribution >= 4 is 28.4 Å². The molecule has 28 heavy (non-hydrogen) atoms. The lowest BCUT2D eigenvalue weighted by atomic mass is 10.2. The second-order valence-electron chi connectivity index (χ2n) is 6.79. The first-order chi connectivity index (χ1) is 13.6. The van der Waals surface area contributed by atoms with Crippen LogP contribution in [0.3, 0.4) is 0 Å². The number of nitrogens with one attached hydrogen (secondary N) is 1. The van der Waals surface area contributed by atoms with Gasteiger partial charge < -0.3 is 10.2 Å². The molecule has 1 aromatic heterocycles. The molecule has 1 fully saturated rings. The molecule has 142 valence electrons. The van der Waals surface area contributed by atoms with Crippen LogP contribution in [-0.4, -0.2) is 27.9 Å². The lowest BCUT2D eigenvalue weighted by molar-refractivity contribution is -0.122. The van der Waals surface area contributed by atoms with Crippen LogP contribution in [0.25, 0.3) is 10.9 Å². The SMILES string of the molecule is O=C(Cn1cnc2ccccc2c1=O)NCc1ccc(N2CCCC2=O)cc1. The zero-order chi connectivity index (χ0) is 19.5. The highest BCUT2D eigenvalue weighted by molar-refractivity contribution is 5.95. The molecule has 1 aliphatic heterocycles. The fraction of sp³-hybridized carbons (Fsp3) is 0.238. The second kappa shape index (κ2) is 7.64. The summed E-state index contributed by atoms with van der Waals surface area (Å²) >= 11 is 0. The summed E-state index contributed by atoms with van der Waals surface area (Å²) in [6.45, 7) is 1.02. The van der Waals surface area contributed by atoms with Crippen LogP contribution in [0.1, 0.15) is 18.4 Å². The number of fused-ring (bicyclic) bond motifs is 1. The predicted molar refractivity (Wildman–Crippen MR) is 106 cm³/mol. The summed E-state index contributed by atoms with van der Waals surface area (Å²) in [6.07, 6.45) is 2.88. The molecule has 0 bridgehead atoms. The van der Waals surface area contributed by atoms with E-state index in [-0.39, 0.29) is 23.9 Å². The normalized spacial score (nSPS) is 13.9. The number of anilines is 1. The number of benzene rings is 2. The molecule has 0 radical (unpaired) electrons. The molecule has 2 heterocycles. The van der Waals surface area contributed by atoms with Gasteiger partial charge in [0.1, 0.15) is 6.54 Å². The molecule has 0 saturated carbocycles. The first-order valence-corrected chi connectivity index (χ1v) is 9.22. The summed E-state index contributed by atoms with van der Waals surface area (Å²) in [7, 11) is 0. The van der Waals surface area contributed by atoms with Crippen molar-refractivity contribution in [3.05, 3.63) is 70.8 Å². The van der Waals surface area contributed by atoms with Crippen molar-refractivity contribution in [2.24, 2.45) is 0 Å². The average Bonchev–Trinajstić information content (AvgIpc) is 3.15. The van der Waals surface area contributed by atoms with Crippen molar-refractivity contribution in [1.82, 2.24) is 14.9 Å². The molecule has 0 aliphatic carbocycles. The zero-order valence-electron chi connectivity index (χ0n) is 15.3. The molecule has 0 spiro atoms. The van der Waals surface area contributed by atoms with Gasteiger partial charge >= 0.3 is 0 Å². The third-order valence-electron chi connectivity index (χ3n) is 4.86. The van der Waals surface area contributed by atoms with Crippen molar-refractivity contribution < 1.29 is 9.59 Å². The Morgan fingerprint density at radius 3 is 2.61 bits per heavy atom. The first kappa shape index (κ1) is 17.9. The largest absolute Gasteiger partial charge is 0.350 e. The molecule has 7 heteroatoms. The summed E-state index contributed by atoms with van der Waals surface area (Å²) in [4.78, 5) is 42.5. The highest BCUT2D eigenvalue weighted by Crippen LogP contribution is 2.21. The number of nitrogens with zero attached hydrogens (tertiary/aromatic N) is 3. The third kappa shape index (κ3) is 3.64. The first-order valence-electron chi connectivity index (χ1n) is 9.22. The minimum absolute atomic E-state index is 0.0863. The topological polar surface area (TPSA) is 84.3 Å². The minimum Gasteiger partial charge on any atom is -0.350 e. The summed E-state index contributed by atoms with van der Waals surface area (Å²) in [6, 6.07) is 14.6. The van der Waals surface area contributed by atoms with Crippen LogP contribution in [0.5, 0.6) is 0 Å². The van der Waals surface area contributed by atoms with E-state index in [1.165, 1.54) is 10.9 Å². The van der Waals surface area contributed by atoms with E-state index in [0.717, 1.165) is 24.2 Å². The molecule has 1 aliphatic rings. The van der Waals surface area contributed by atoms with E-state index in [1.807, 2.05) is 30.3 Å². The molecule has 0 unspecified atom stereocenters. The Morgan fingerprint density at radius 2 is 1.86 bits per heavy atom. The lowest BCUT2D eigenvalue weighted by Gasteiger charge is -2.16. The van der Waals surface area contributed by atoms with Crippen molar-refractivity contribution in [3.8, 4) is 0 Å². The summed E-state index contributed by atoms with van der Waals surface area (Å²) in [5.74, 6) is -0.117. The Labute approximate surface area is 161 Å². The number of hydrogen-bond acceptors (Lipinski definition) is 4. The van der Waals surface area contributed by atoms with Crippen LogP contribution in [0, 0.1) is 0 Å².